The minimum atomic E-state index is -4.55. The summed E-state index contributed by atoms with van der Waals surface area (Å²) in [5, 5.41) is 3.81. The van der Waals surface area contributed by atoms with Crippen LogP contribution in [0.1, 0.15) is 37.8 Å². The van der Waals surface area contributed by atoms with Gasteiger partial charge in [0.25, 0.3) is 0 Å². The third-order valence-electron chi connectivity index (χ3n) is 5.32. The zero-order chi connectivity index (χ0) is 26.8. The summed E-state index contributed by atoms with van der Waals surface area (Å²) in [6.07, 6.45) is -0.789. The minimum Gasteiger partial charge on any atom is -0.467 e. The Kier molecular flexibility index (Phi) is 7.64. The normalized spacial score (nSPS) is 14.7. The molecule has 198 valence electrons. The summed E-state index contributed by atoms with van der Waals surface area (Å²) in [6, 6.07) is 3.77. The molecule has 0 aliphatic heterocycles. The molecule has 1 fully saturated rings. The van der Waals surface area contributed by atoms with Crippen LogP contribution >= 0.6 is 11.3 Å². The zero-order valence-corrected chi connectivity index (χ0v) is 20.9. The quantitative estimate of drug-likeness (QED) is 0.345. The van der Waals surface area contributed by atoms with Crippen molar-refractivity contribution in [1.82, 2.24) is 15.0 Å². The number of anilines is 2. The number of nitrogens with one attached hydrogen (secondary N) is 2. The maximum Gasteiger partial charge on any atom is 0.422 e. The van der Waals surface area contributed by atoms with Gasteiger partial charge in [0, 0.05) is 10.9 Å². The molecule has 0 radical (unpaired) electrons. The van der Waals surface area contributed by atoms with Crippen molar-refractivity contribution in [2.45, 2.75) is 43.5 Å². The van der Waals surface area contributed by atoms with Gasteiger partial charge in [0.2, 0.25) is 21.8 Å². The summed E-state index contributed by atoms with van der Waals surface area (Å²) in [7, 11) is -3.49. The van der Waals surface area contributed by atoms with Gasteiger partial charge in [0.05, 0.1) is 40.6 Å². The molecule has 2 aromatic heterocycles. The van der Waals surface area contributed by atoms with Crippen LogP contribution < -0.4 is 14.8 Å². The molecule has 2 heterocycles. The first-order valence-corrected chi connectivity index (χ1v) is 13.5. The number of ether oxygens (including phenoxy) is 1. The standard InChI is InChI=1S/C22H21F4N5O4S2/c1-2-14(18-10-36-21(30-18)31-37(33,34)13-4-5-13)20(32)29-16-6-3-12(7-15(16)23)17-8-27-9-19(28-17)35-11-22(24,25)26/h3,6-10,13-14H,2,4-5,11H2,1H3,(H,29,32)(H,30,31). The van der Waals surface area contributed by atoms with E-state index in [0.717, 1.165) is 23.6 Å². The largest absolute Gasteiger partial charge is 0.467 e. The van der Waals surface area contributed by atoms with Gasteiger partial charge in [-0.25, -0.2) is 22.8 Å². The Morgan fingerprint density at radius 1 is 1.24 bits per heavy atom. The molecule has 3 aromatic rings. The summed E-state index contributed by atoms with van der Waals surface area (Å²) < 4.78 is 83.1. The second-order valence-electron chi connectivity index (χ2n) is 8.22. The second kappa shape index (κ2) is 10.6. The number of rotatable bonds is 10. The fraction of sp³-hybridized carbons (Fsp3) is 0.364. The molecule has 15 heteroatoms. The van der Waals surface area contributed by atoms with Crippen LogP contribution in [0, 0.1) is 5.82 Å². The highest BCUT2D eigenvalue weighted by Gasteiger charge is 2.36. The predicted octanol–water partition coefficient (Wildman–Crippen LogP) is 4.72. The van der Waals surface area contributed by atoms with Crippen LogP contribution in [0.5, 0.6) is 5.88 Å². The van der Waals surface area contributed by atoms with Crippen LogP contribution in [-0.4, -0.2) is 47.3 Å². The number of benzene rings is 1. The average Bonchev–Trinajstić information content (AvgIpc) is 3.61. The van der Waals surface area contributed by atoms with Gasteiger partial charge < -0.3 is 10.1 Å². The van der Waals surface area contributed by atoms with Gasteiger partial charge in [-0.2, -0.15) is 13.2 Å². The Bertz CT molecular complexity index is 1390. The molecule has 4 rings (SSSR count). The molecule has 0 bridgehead atoms. The van der Waals surface area contributed by atoms with E-state index in [-0.39, 0.29) is 28.0 Å². The molecule has 0 spiro atoms. The van der Waals surface area contributed by atoms with Crippen molar-refractivity contribution in [3.05, 3.63) is 47.5 Å². The molecule has 37 heavy (non-hydrogen) atoms. The van der Waals surface area contributed by atoms with Crippen LogP contribution in [0.4, 0.5) is 28.4 Å². The van der Waals surface area contributed by atoms with Crippen molar-refractivity contribution in [3.63, 3.8) is 0 Å². The van der Waals surface area contributed by atoms with Crippen molar-refractivity contribution in [2.24, 2.45) is 0 Å². The third-order valence-corrected chi connectivity index (χ3v) is 8.05. The van der Waals surface area contributed by atoms with Gasteiger partial charge >= 0.3 is 6.18 Å². The number of thiazole rings is 1. The van der Waals surface area contributed by atoms with Crippen LogP contribution in [0.25, 0.3) is 11.3 Å². The Morgan fingerprint density at radius 3 is 2.65 bits per heavy atom. The smallest absolute Gasteiger partial charge is 0.422 e. The summed E-state index contributed by atoms with van der Waals surface area (Å²) in [5.74, 6) is -2.48. The Balaban J connectivity index is 1.44. The first kappa shape index (κ1) is 26.7. The SMILES string of the molecule is CCC(C(=O)Nc1ccc(-c2cncc(OCC(F)(F)F)n2)cc1F)c1csc(NS(=O)(=O)C2CC2)n1. The molecule has 1 aliphatic carbocycles. The number of nitrogens with zero attached hydrogens (tertiary/aromatic N) is 3. The van der Waals surface area contributed by atoms with Crippen molar-refractivity contribution < 1.29 is 35.5 Å². The van der Waals surface area contributed by atoms with Crippen LogP contribution in [0.2, 0.25) is 0 Å². The predicted molar refractivity (Wildman–Crippen MR) is 128 cm³/mol. The zero-order valence-electron chi connectivity index (χ0n) is 19.3. The summed E-state index contributed by atoms with van der Waals surface area (Å²) in [5.41, 5.74) is 0.502. The van der Waals surface area contributed by atoms with E-state index in [9.17, 15) is 30.8 Å². The summed E-state index contributed by atoms with van der Waals surface area (Å²) >= 11 is 1.06. The van der Waals surface area contributed by atoms with E-state index in [2.05, 4.69) is 29.7 Å². The van der Waals surface area contributed by atoms with E-state index in [1.165, 1.54) is 18.3 Å². The van der Waals surface area contributed by atoms with E-state index < -0.39 is 45.7 Å². The maximum atomic E-state index is 14.8. The number of halogens is 4. The van der Waals surface area contributed by atoms with E-state index >= 15 is 0 Å². The van der Waals surface area contributed by atoms with E-state index in [4.69, 9.17) is 0 Å². The van der Waals surface area contributed by atoms with Gasteiger partial charge in [-0.15, -0.1) is 11.3 Å². The van der Waals surface area contributed by atoms with Gasteiger partial charge in [-0.3, -0.25) is 14.5 Å². The molecule has 1 saturated carbocycles. The molecule has 9 nitrogen and oxygen atoms in total. The number of amides is 1. The van der Waals surface area contributed by atoms with Gasteiger partial charge in [0.1, 0.15) is 5.82 Å². The van der Waals surface area contributed by atoms with Crippen molar-refractivity contribution in [2.75, 3.05) is 16.6 Å². The Hall–Kier alpha value is -3.33. The van der Waals surface area contributed by atoms with Gasteiger partial charge in [0.15, 0.2) is 11.7 Å². The Labute approximate surface area is 213 Å². The van der Waals surface area contributed by atoms with Crippen molar-refractivity contribution in [3.8, 4) is 17.1 Å². The highest BCUT2D eigenvalue weighted by Crippen LogP contribution is 2.32. The van der Waals surface area contributed by atoms with E-state index in [1.54, 1.807) is 12.3 Å². The average molecular weight is 560 g/mol. The number of carbonyl (C=O) groups excluding carboxylic acids is 1. The molecular weight excluding hydrogens is 538 g/mol. The summed E-state index contributed by atoms with van der Waals surface area (Å²) in [6.45, 7) is 0.194. The number of alkyl halides is 3. The molecule has 1 aromatic carbocycles. The second-order valence-corrected chi connectivity index (χ2v) is 11.0. The molecule has 1 aliphatic rings. The number of hydrogen-bond acceptors (Lipinski definition) is 8. The number of sulfonamides is 1. The molecule has 0 saturated heterocycles. The van der Waals surface area contributed by atoms with Crippen molar-refractivity contribution in [1.29, 1.82) is 0 Å². The third kappa shape index (κ3) is 6.91. The number of aromatic nitrogens is 3. The lowest BCUT2D eigenvalue weighted by Crippen LogP contribution is -2.22. The molecule has 2 N–H and O–H groups in total. The molecule has 1 unspecified atom stereocenters. The highest BCUT2D eigenvalue weighted by atomic mass is 32.2. The fourth-order valence-electron chi connectivity index (χ4n) is 3.31. The molecular formula is C22H21F4N5O4S2. The lowest BCUT2D eigenvalue weighted by atomic mass is 10.0. The van der Waals surface area contributed by atoms with Crippen LogP contribution in [-0.2, 0) is 14.8 Å². The maximum absolute atomic E-state index is 14.8. The number of hydrogen-bond donors (Lipinski definition) is 2. The first-order chi connectivity index (χ1) is 17.4. The lowest BCUT2D eigenvalue weighted by Gasteiger charge is -2.14. The highest BCUT2D eigenvalue weighted by molar-refractivity contribution is 7.93. The molecule has 1 amide bonds. The monoisotopic (exact) mass is 559 g/mol. The fourth-order valence-corrected chi connectivity index (χ4v) is 5.67. The van der Waals surface area contributed by atoms with E-state index in [0.29, 0.717) is 25.0 Å². The topological polar surface area (TPSA) is 123 Å². The number of carbonyl (C=O) groups is 1. The van der Waals surface area contributed by atoms with Gasteiger partial charge in [-0.05, 0) is 31.4 Å². The molecule has 1 atom stereocenters. The van der Waals surface area contributed by atoms with E-state index in [1.807, 2.05) is 0 Å². The first-order valence-electron chi connectivity index (χ1n) is 11.0. The van der Waals surface area contributed by atoms with Crippen molar-refractivity contribution >= 4 is 38.1 Å². The van der Waals surface area contributed by atoms with Crippen LogP contribution in [0.3, 0.4) is 0 Å². The van der Waals surface area contributed by atoms with Gasteiger partial charge in [-0.1, -0.05) is 13.0 Å². The summed E-state index contributed by atoms with van der Waals surface area (Å²) in [4.78, 5) is 24.8. The minimum absolute atomic E-state index is 0.0755. The van der Waals surface area contributed by atoms with Crippen LogP contribution in [0.15, 0.2) is 36.0 Å². The Morgan fingerprint density at radius 2 is 2.00 bits per heavy atom. The lowest BCUT2D eigenvalue weighted by molar-refractivity contribution is -0.154.